The van der Waals surface area contributed by atoms with Crippen molar-refractivity contribution in [3.05, 3.63) is 22.6 Å². The fourth-order valence-electron chi connectivity index (χ4n) is 4.09. The zero-order valence-electron chi connectivity index (χ0n) is 17.0. The molecule has 2 atom stereocenters. The first-order valence-corrected chi connectivity index (χ1v) is 10.6. The van der Waals surface area contributed by atoms with Gasteiger partial charge in [-0.25, -0.2) is 4.98 Å². The summed E-state index contributed by atoms with van der Waals surface area (Å²) >= 11 is 0.797. The molecule has 176 valence electrons. The number of nitrogens with one attached hydrogen (secondary N) is 2. The molecule has 32 heavy (non-hydrogen) atoms. The normalized spacial score (nSPS) is 21.8. The molecule has 2 aliphatic rings. The first-order chi connectivity index (χ1) is 14.8. The number of aromatic nitrogens is 1. The summed E-state index contributed by atoms with van der Waals surface area (Å²) in [4.78, 5) is 18.0. The third kappa shape index (κ3) is 4.13. The van der Waals surface area contributed by atoms with E-state index in [2.05, 4.69) is 15.6 Å². The van der Waals surface area contributed by atoms with Gasteiger partial charge in [0.05, 0.1) is 41.0 Å². The number of hydrogen-bond donors (Lipinski definition) is 2. The molecule has 2 aromatic rings. The summed E-state index contributed by atoms with van der Waals surface area (Å²) in [6, 6.07) is -1.26. The first-order valence-electron chi connectivity index (χ1n) is 9.76. The van der Waals surface area contributed by atoms with Crippen LogP contribution in [0.1, 0.15) is 29.3 Å². The smallest absolute Gasteiger partial charge is 0.370 e. The van der Waals surface area contributed by atoms with Crippen LogP contribution in [0.2, 0.25) is 0 Å². The number of carbonyl (C=O) groups is 1. The summed E-state index contributed by atoms with van der Waals surface area (Å²) in [7, 11) is 1.38. The summed E-state index contributed by atoms with van der Waals surface area (Å²) in [6.45, 7) is 1.50. The number of nitrogens with zero attached hydrogens (tertiary/aromatic N) is 2. The SMILES string of the molecule is CNC(=O)c1csc2c(C(F)(F)F)cc(N3CC4(CC(NC(C)C(F)(F)F)CO4)C3)nc12. The lowest BCUT2D eigenvalue weighted by Gasteiger charge is -2.48. The van der Waals surface area contributed by atoms with Crippen molar-refractivity contribution in [2.75, 3.05) is 31.6 Å². The lowest BCUT2D eigenvalue weighted by Crippen LogP contribution is -2.62. The topological polar surface area (TPSA) is 66.5 Å². The standard InChI is InChI=1S/C19H20F6N4O2S/c1-9(18(20,21)22)27-10-4-17(31-5-10)7-29(8-17)13-3-12(19(23,24)25)15-14(28-13)11(6-32-15)16(30)26-2/h3,6,9-10,27H,4-5,7-8H2,1-2H3,(H,26,30). The second kappa shape index (κ2) is 7.73. The van der Waals surface area contributed by atoms with Gasteiger partial charge < -0.3 is 20.3 Å². The van der Waals surface area contributed by atoms with Crippen LogP contribution >= 0.6 is 11.3 Å². The highest BCUT2D eigenvalue weighted by atomic mass is 32.1. The molecule has 0 saturated carbocycles. The molecule has 13 heteroatoms. The number of thiophene rings is 1. The Kier molecular flexibility index (Phi) is 5.57. The zero-order chi connectivity index (χ0) is 23.5. The Labute approximate surface area is 182 Å². The van der Waals surface area contributed by atoms with Gasteiger partial charge in [-0.3, -0.25) is 4.79 Å². The highest BCUT2D eigenvalue weighted by Crippen LogP contribution is 2.43. The molecule has 2 N–H and O–H groups in total. The first kappa shape index (κ1) is 23.1. The number of pyridine rings is 1. The van der Waals surface area contributed by atoms with Crippen LogP contribution in [-0.4, -0.2) is 61.5 Å². The predicted molar refractivity (Wildman–Crippen MR) is 106 cm³/mol. The third-order valence-electron chi connectivity index (χ3n) is 5.75. The van der Waals surface area contributed by atoms with Gasteiger partial charge in [-0.15, -0.1) is 11.3 Å². The quantitative estimate of drug-likeness (QED) is 0.653. The van der Waals surface area contributed by atoms with Crippen LogP contribution in [0.4, 0.5) is 32.2 Å². The van der Waals surface area contributed by atoms with Gasteiger partial charge in [0.1, 0.15) is 17.5 Å². The van der Waals surface area contributed by atoms with Crippen LogP contribution in [0.3, 0.4) is 0 Å². The van der Waals surface area contributed by atoms with E-state index in [1.54, 1.807) is 4.90 Å². The molecule has 0 radical (unpaired) electrons. The highest BCUT2D eigenvalue weighted by molar-refractivity contribution is 7.17. The number of carbonyl (C=O) groups excluding carboxylic acids is 1. The number of ether oxygens (including phenoxy) is 1. The molecule has 0 bridgehead atoms. The molecule has 1 amide bonds. The van der Waals surface area contributed by atoms with E-state index in [1.165, 1.54) is 12.4 Å². The zero-order valence-corrected chi connectivity index (χ0v) is 17.8. The van der Waals surface area contributed by atoms with Crippen LogP contribution in [0.15, 0.2) is 11.4 Å². The minimum absolute atomic E-state index is 0.0361. The van der Waals surface area contributed by atoms with Crippen molar-refractivity contribution in [1.29, 1.82) is 0 Å². The number of anilines is 1. The van der Waals surface area contributed by atoms with Crippen LogP contribution in [0, 0.1) is 0 Å². The second-order valence-corrected chi connectivity index (χ2v) is 8.99. The predicted octanol–water partition coefficient (Wildman–Crippen LogP) is 3.56. The molecule has 1 spiro atoms. The third-order valence-corrected chi connectivity index (χ3v) is 6.76. The summed E-state index contributed by atoms with van der Waals surface area (Å²) in [6.07, 6.45) is -8.71. The van der Waals surface area contributed by atoms with E-state index in [1.807, 2.05) is 0 Å². The minimum atomic E-state index is -4.64. The van der Waals surface area contributed by atoms with Crippen molar-refractivity contribution in [2.45, 2.75) is 43.4 Å². The Morgan fingerprint density at radius 3 is 2.59 bits per heavy atom. The van der Waals surface area contributed by atoms with Crippen molar-refractivity contribution in [3.63, 3.8) is 0 Å². The Morgan fingerprint density at radius 1 is 1.31 bits per heavy atom. The average Bonchev–Trinajstić information content (AvgIpc) is 3.28. The summed E-state index contributed by atoms with van der Waals surface area (Å²) in [5.41, 5.74) is -1.61. The van der Waals surface area contributed by atoms with Crippen molar-refractivity contribution < 1.29 is 35.9 Å². The van der Waals surface area contributed by atoms with Crippen molar-refractivity contribution >= 4 is 33.3 Å². The molecule has 2 aliphatic heterocycles. The van der Waals surface area contributed by atoms with Gasteiger partial charge in [-0.05, 0) is 19.4 Å². The van der Waals surface area contributed by atoms with E-state index in [9.17, 15) is 31.1 Å². The van der Waals surface area contributed by atoms with Crippen LogP contribution < -0.4 is 15.5 Å². The van der Waals surface area contributed by atoms with E-state index in [4.69, 9.17) is 4.74 Å². The highest BCUT2D eigenvalue weighted by Gasteiger charge is 2.51. The average molecular weight is 482 g/mol. The van der Waals surface area contributed by atoms with E-state index in [0.717, 1.165) is 24.3 Å². The van der Waals surface area contributed by atoms with Crippen LogP contribution in [-0.2, 0) is 10.9 Å². The van der Waals surface area contributed by atoms with Crippen molar-refractivity contribution in [2.24, 2.45) is 0 Å². The maximum Gasteiger partial charge on any atom is 0.417 e. The molecule has 2 saturated heterocycles. The second-order valence-electron chi connectivity index (χ2n) is 8.11. The van der Waals surface area contributed by atoms with Crippen LogP contribution in [0.5, 0.6) is 0 Å². The lowest BCUT2D eigenvalue weighted by atomic mass is 9.89. The van der Waals surface area contributed by atoms with Crippen LogP contribution in [0.25, 0.3) is 10.2 Å². The lowest BCUT2D eigenvalue weighted by molar-refractivity contribution is -0.153. The molecule has 0 aromatic carbocycles. The number of amides is 1. The molecule has 4 heterocycles. The number of fused-ring (bicyclic) bond motifs is 1. The minimum Gasteiger partial charge on any atom is -0.370 e. The summed E-state index contributed by atoms with van der Waals surface area (Å²) in [5, 5.41) is 6.23. The van der Waals surface area contributed by atoms with Gasteiger partial charge in [-0.2, -0.15) is 26.3 Å². The molecule has 2 unspecified atom stereocenters. The fraction of sp³-hybridized carbons (Fsp3) is 0.579. The molecular weight excluding hydrogens is 462 g/mol. The summed E-state index contributed by atoms with van der Waals surface area (Å²) in [5.74, 6) is -0.497. The summed E-state index contributed by atoms with van der Waals surface area (Å²) < 4.78 is 85.0. The maximum absolute atomic E-state index is 13.7. The monoisotopic (exact) mass is 482 g/mol. The van der Waals surface area contributed by atoms with E-state index in [-0.39, 0.29) is 41.3 Å². The molecular formula is C19H20F6N4O2S. The largest absolute Gasteiger partial charge is 0.417 e. The number of halogens is 6. The van der Waals surface area contributed by atoms with Crippen molar-refractivity contribution in [1.82, 2.24) is 15.6 Å². The number of rotatable bonds is 4. The fourth-order valence-corrected chi connectivity index (χ4v) is 5.12. The van der Waals surface area contributed by atoms with Gasteiger partial charge in [0.15, 0.2) is 0 Å². The van der Waals surface area contributed by atoms with Gasteiger partial charge in [0, 0.05) is 18.5 Å². The van der Waals surface area contributed by atoms with E-state index >= 15 is 0 Å². The molecule has 6 nitrogen and oxygen atoms in total. The Hall–Kier alpha value is -2.12. The van der Waals surface area contributed by atoms with Gasteiger partial charge in [0.2, 0.25) is 0 Å². The molecule has 0 aliphatic carbocycles. The molecule has 4 rings (SSSR count). The van der Waals surface area contributed by atoms with E-state index in [0.29, 0.717) is 6.42 Å². The molecule has 2 fully saturated rings. The number of alkyl halides is 6. The van der Waals surface area contributed by atoms with Gasteiger partial charge in [-0.1, -0.05) is 0 Å². The maximum atomic E-state index is 13.7. The number of hydrogen-bond acceptors (Lipinski definition) is 6. The van der Waals surface area contributed by atoms with Crippen molar-refractivity contribution in [3.8, 4) is 0 Å². The Bertz CT molecular complexity index is 1030. The van der Waals surface area contributed by atoms with E-state index < -0.39 is 41.5 Å². The van der Waals surface area contributed by atoms with Gasteiger partial charge >= 0.3 is 12.4 Å². The molecule has 2 aromatic heterocycles. The Morgan fingerprint density at radius 2 is 2.00 bits per heavy atom. The Balaban J connectivity index is 1.55. The van der Waals surface area contributed by atoms with Gasteiger partial charge in [0.25, 0.3) is 5.91 Å².